The standard InChI is InChI=1S/C14H22BrNO3S/c1-3-4-9-19-10-5-8-16-20(17,18)14-11-13(15)7-6-12(14)2/h6-7,11,16H,3-5,8-10H2,1-2H3. The number of benzene rings is 1. The smallest absolute Gasteiger partial charge is 0.240 e. The highest BCUT2D eigenvalue weighted by Gasteiger charge is 2.16. The van der Waals surface area contributed by atoms with Crippen molar-refractivity contribution in [3.63, 3.8) is 0 Å². The van der Waals surface area contributed by atoms with E-state index in [4.69, 9.17) is 4.74 Å². The Kier molecular flexibility index (Phi) is 7.72. The van der Waals surface area contributed by atoms with E-state index in [1.807, 2.05) is 6.07 Å². The maximum Gasteiger partial charge on any atom is 0.240 e. The van der Waals surface area contributed by atoms with Gasteiger partial charge in [-0.25, -0.2) is 13.1 Å². The molecule has 20 heavy (non-hydrogen) atoms. The molecule has 0 saturated heterocycles. The van der Waals surface area contributed by atoms with Gasteiger partial charge in [0, 0.05) is 24.2 Å². The lowest BCUT2D eigenvalue weighted by atomic mass is 10.2. The summed E-state index contributed by atoms with van der Waals surface area (Å²) in [5.41, 5.74) is 0.736. The van der Waals surface area contributed by atoms with Gasteiger partial charge in [0.15, 0.2) is 0 Å². The molecule has 114 valence electrons. The van der Waals surface area contributed by atoms with E-state index in [9.17, 15) is 8.42 Å². The van der Waals surface area contributed by atoms with Crippen molar-refractivity contribution in [3.8, 4) is 0 Å². The normalized spacial score (nSPS) is 11.8. The summed E-state index contributed by atoms with van der Waals surface area (Å²) in [6, 6.07) is 5.23. The first kappa shape index (κ1) is 17.6. The average Bonchev–Trinajstić information content (AvgIpc) is 2.40. The van der Waals surface area contributed by atoms with Crippen molar-refractivity contribution in [1.82, 2.24) is 4.72 Å². The molecule has 6 heteroatoms. The zero-order chi connectivity index (χ0) is 15.0. The lowest BCUT2D eigenvalue weighted by Crippen LogP contribution is -2.26. The maximum absolute atomic E-state index is 12.2. The Morgan fingerprint density at radius 2 is 1.95 bits per heavy atom. The third-order valence-electron chi connectivity index (χ3n) is 2.84. The summed E-state index contributed by atoms with van der Waals surface area (Å²) < 4.78 is 33.1. The first-order chi connectivity index (χ1) is 9.47. The summed E-state index contributed by atoms with van der Waals surface area (Å²) in [5.74, 6) is 0. The van der Waals surface area contributed by atoms with E-state index < -0.39 is 10.0 Å². The van der Waals surface area contributed by atoms with Crippen LogP contribution in [0.5, 0.6) is 0 Å². The van der Waals surface area contributed by atoms with Gasteiger partial charge in [-0.15, -0.1) is 0 Å². The minimum absolute atomic E-state index is 0.318. The molecule has 1 aromatic carbocycles. The van der Waals surface area contributed by atoms with Crippen LogP contribution in [0.4, 0.5) is 0 Å². The highest BCUT2D eigenvalue weighted by molar-refractivity contribution is 9.10. The minimum Gasteiger partial charge on any atom is -0.381 e. The molecule has 1 rings (SSSR count). The molecule has 0 spiro atoms. The number of unbranched alkanes of at least 4 members (excludes halogenated alkanes) is 1. The van der Waals surface area contributed by atoms with Gasteiger partial charge in [-0.2, -0.15) is 0 Å². The monoisotopic (exact) mass is 363 g/mol. The second-order valence-electron chi connectivity index (χ2n) is 4.63. The molecule has 0 aliphatic carbocycles. The van der Waals surface area contributed by atoms with Gasteiger partial charge in [-0.05, 0) is 37.5 Å². The van der Waals surface area contributed by atoms with Gasteiger partial charge in [0.05, 0.1) is 4.90 Å². The molecular formula is C14H22BrNO3S. The molecule has 4 nitrogen and oxygen atoms in total. The number of hydrogen-bond donors (Lipinski definition) is 1. The van der Waals surface area contributed by atoms with E-state index in [0.29, 0.717) is 24.5 Å². The van der Waals surface area contributed by atoms with E-state index in [-0.39, 0.29) is 0 Å². The van der Waals surface area contributed by atoms with Gasteiger partial charge in [-0.1, -0.05) is 35.3 Å². The fraction of sp³-hybridized carbons (Fsp3) is 0.571. The van der Waals surface area contributed by atoms with Crippen molar-refractivity contribution < 1.29 is 13.2 Å². The van der Waals surface area contributed by atoms with Crippen molar-refractivity contribution in [2.75, 3.05) is 19.8 Å². The van der Waals surface area contributed by atoms with Gasteiger partial charge in [0.25, 0.3) is 0 Å². The quantitative estimate of drug-likeness (QED) is 0.685. The fourth-order valence-corrected chi connectivity index (χ4v) is 3.53. The third kappa shape index (κ3) is 5.91. The first-order valence-electron chi connectivity index (χ1n) is 6.81. The van der Waals surface area contributed by atoms with Crippen LogP contribution in [-0.2, 0) is 14.8 Å². The van der Waals surface area contributed by atoms with Gasteiger partial charge in [0.1, 0.15) is 0 Å². The largest absolute Gasteiger partial charge is 0.381 e. The predicted molar refractivity (Wildman–Crippen MR) is 84.4 cm³/mol. The number of aryl methyl sites for hydroxylation is 1. The summed E-state index contributed by atoms with van der Waals surface area (Å²) in [4.78, 5) is 0.318. The number of sulfonamides is 1. The summed E-state index contributed by atoms with van der Waals surface area (Å²) in [7, 11) is -3.45. The second-order valence-corrected chi connectivity index (χ2v) is 7.28. The summed E-state index contributed by atoms with van der Waals surface area (Å²) in [5, 5.41) is 0. The van der Waals surface area contributed by atoms with Crippen molar-refractivity contribution in [2.45, 2.75) is 38.0 Å². The molecule has 0 amide bonds. The molecule has 0 aliphatic heterocycles. The van der Waals surface area contributed by atoms with E-state index in [1.165, 1.54) is 0 Å². The van der Waals surface area contributed by atoms with Crippen LogP contribution in [0.1, 0.15) is 31.7 Å². The fourth-order valence-electron chi connectivity index (χ4n) is 1.67. The second kappa shape index (κ2) is 8.77. The molecule has 0 heterocycles. The van der Waals surface area contributed by atoms with Gasteiger partial charge in [0.2, 0.25) is 10.0 Å². The topological polar surface area (TPSA) is 55.4 Å². The minimum atomic E-state index is -3.45. The van der Waals surface area contributed by atoms with Gasteiger partial charge >= 0.3 is 0 Å². The van der Waals surface area contributed by atoms with Crippen LogP contribution in [-0.4, -0.2) is 28.2 Å². The summed E-state index contributed by atoms with van der Waals surface area (Å²) in [6.45, 7) is 5.61. The van der Waals surface area contributed by atoms with Crippen LogP contribution in [0.2, 0.25) is 0 Å². The van der Waals surface area contributed by atoms with Crippen LogP contribution >= 0.6 is 15.9 Å². The molecule has 0 radical (unpaired) electrons. The van der Waals surface area contributed by atoms with E-state index >= 15 is 0 Å². The van der Waals surface area contributed by atoms with E-state index in [0.717, 1.165) is 29.5 Å². The zero-order valence-electron chi connectivity index (χ0n) is 12.0. The van der Waals surface area contributed by atoms with Crippen LogP contribution in [0, 0.1) is 6.92 Å². The Hall–Kier alpha value is -0.430. The average molecular weight is 364 g/mol. The molecule has 1 N–H and O–H groups in total. The van der Waals surface area contributed by atoms with Crippen molar-refractivity contribution in [2.24, 2.45) is 0 Å². The van der Waals surface area contributed by atoms with Gasteiger partial charge in [-0.3, -0.25) is 0 Å². The van der Waals surface area contributed by atoms with Crippen LogP contribution in [0.3, 0.4) is 0 Å². The number of ether oxygens (including phenoxy) is 1. The third-order valence-corrected chi connectivity index (χ3v) is 4.94. The number of nitrogens with one attached hydrogen (secondary N) is 1. The van der Waals surface area contributed by atoms with E-state index in [1.54, 1.807) is 19.1 Å². The Bertz CT molecular complexity index is 517. The number of hydrogen-bond acceptors (Lipinski definition) is 3. The molecule has 0 saturated carbocycles. The number of halogens is 1. The highest BCUT2D eigenvalue weighted by Crippen LogP contribution is 2.20. The summed E-state index contributed by atoms with van der Waals surface area (Å²) in [6.07, 6.45) is 2.83. The zero-order valence-corrected chi connectivity index (χ0v) is 14.4. The number of rotatable bonds is 9. The lowest BCUT2D eigenvalue weighted by Gasteiger charge is -2.10. The van der Waals surface area contributed by atoms with Gasteiger partial charge < -0.3 is 4.74 Å². The molecular weight excluding hydrogens is 342 g/mol. The lowest BCUT2D eigenvalue weighted by molar-refractivity contribution is 0.130. The molecule has 0 aromatic heterocycles. The molecule has 1 aromatic rings. The Balaban J connectivity index is 2.44. The Morgan fingerprint density at radius 1 is 1.25 bits per heavy atom. The highest BCUT2D eigenvalue weighted by atomic mass is 79.9. The van der Waals surface area contributed by atoms with Crippen LogP contribution < -0.4 is 4.72 Å². The molecule has 0 bridgehead atoms. The molecule has 0 atom stereocenters. The Morgan fingerprint density at radius 3 is 2.65 bits per heavy atom. The molecule has 0 unspecified atom stereocenters. The van der Waals surface area contributed by atoms with Crippen molar-refractivity contribution in [1.29, 1.82) is 0 Å². The van der Waals surface area contributed by atoms with Crippen LogP contribution in [0.15, 0.2) is 27.6 Å². The maximum atomic E-state index is 12.2. The van der Waals surface area contributed by atoms with Crippen molar-refractivity contribution in [3.05, 3.63) is 28.2 Å². The van der Waals surface area contributed by atoms with Crippen LogP contribution in [0.25, 0.3) is 0 Å². The molecule has 0 fully saturated rings. The van der Waals surface area contributed by atoms with Crippen molar-refractivity contribution >= 4 is 26.0 Å². The van der Waals surface area contributed by atoms with E-state index in [2.05, 4.69) is 27.6 Å². The Labute approximate surface area is 130 Å². The molecule has 0 aliphatic rings. The predicted octanol–water partition coefficient (Wildman–Crippen LogP) is 3.24. The first-order valence-corrected chi connectivity index (χ1v) is 9.08. The summed E-state index contributed by atoms with van der Waals surface area (Å²) >= 11 is 3.29. The SMILES string of the molecule is CCCCOCCCNS(=O)(=O)c1cc(Br)ccc1C.